The number of ether oxygens (including phenoxy) is 2. The van der Waals surface area contributed by atoms with E-state index in [9.17, 15) is 4.79 Å². The Bertz CT molecular complexity index is 344. The predicted molar refractivity (Wildman–Crippen MR) is 69.6 cm³/mol. The van der Waals surface area contributed by atoms with Crippen LogP contribution in [0.25, 0.3) is 0 Å². The minimum atomic E-state index is -0.197. The number of ketones is 1. The van der Waals surface area contributed by atoms with Crippen molar-refractivity contribution in [1.82, 2.24) is 0 Å². The number of hydrogen-bond acceptors (Lipinski definition) is 4. The Kier molecular flexibility index (Phi) is 6.26. The molecule has 1 rings (SSSR count). The molecule has 4 heteroatoms. The third-order valence-corrected chi connectivity index (χ3v) is 3.45. The summed E-state index contributed by atoms with van der Waals surface area (Å²) in [6.07, 6.45) is 0.346. The number of carbonyl (C=O) groups excluding carboxylic acids is 1. The summed E-state index contributed by atoms with van der Waals surface area (Å²) in [5, 5.41) is 0. The Morgan fingerprint density at radius 3 is 2.29 bits per heavy atom. The van der Waals surface area contributed by atoms with Crippen molar-refractivity contribution in [3.05, 3.63) is 29.8 Å². The minimum absolute atomic E-state index is 0.174. The van der Waals surface area contributed by atoms with Gasteiger partial charge in [-0.15, -0.1) is 11.8 Å². The molecule has 94 valence electrons. The summed E-state index contributed by atoms with van der Waals surface area (Å²) in [4.78, 5) is 12.5. The molecular weight excluding hydrogens is 236 g/mol. The zero-order valence-corrected chi connectivity index (χ0v) is 11.3. The van der Waals surface area contributed by atoms with Gasteiger partial charge in [-0.1, -0.05) is 19.1 Å². The van der Waals surface area contributed by atoms with Crippen molar-refractivity contribution in [1.29, 1.82) is 0 Å². The normalized spacial score (nSPS) is 10.8. The van der Waals surface area contributed by atoms with Crippen LogP contribution in [0.1, 0.15) is 23.7 Å². The fourth-order valence-electron chi connectivity index (χ4n) is 1.34. The molecule has 0 fully saturated rings. The topological polar surface area (TPSA) is 35.5 Å². The second-order valence-corrected chi connectivity index (χ2v) is 4.61. The summed E-state index contributed by atoms with van der Waals surface area (Å²) in [6.45, 7) is 1.87. The van der Waals surface area contributed by atoms with Gasteiger partial charge in [0.25, 0.3) is 0 Å². The van der Waals surface area contributed by atoms with Crippen LogP contribution in [-0.4, -0.2) is 32.0 Å². The van der Waals surface area contributed by atoms with E-state index in [0.717, 1.165) is 16.2 Å². The van der Waals surface area contributed by atoms with Crippen LogP contribution in [0.3, 0.4) is 0 Å². The smallest absolute Gasteiger partial charge is 0.166 e. The van der Waals surface area contributed by atoms with Gasteiger partial charge in [0.15, 0.2) is 12.1 Å². The van der Waals surface area contributed by atoms with Gasteiger partial charge >= 0.3 is 0 Å². The lowest BCUT2D eigenvalue weighted by molar-refractivity contribution is -0.0842. The molecule has 17 heavy (non-hydrogen) atoms. The summed E-state index contributed by atoms with van der Waals surface area (Å²) >= 11 is 1.64. The number of thioether (sulfide) groups is 1. The Hall–Kier alpha value is -0.840. The molecule has 0 unspecified atom stereocenters. The first-order chi connectivity index (χ1) is 8.21. The summed E-state index contributed by atoms with van der Waals surface area (Å²) in [5.41, 5.74) is 0.770. The van der Waals surface area contributed by atoms with Crippen molar-refractivity contribution in [2.75, 3.05) is 20.0 Å². The molecule has 0 heterocycles. The first-order valence-corrected chi connectivity index (χ1v) is 6.51. The van der Waals surface area contributed by atoms with E-state index in [0.29, 0.717) is 6.42 Å². The second-order valence-electron chi connectivity index (χ2n) is 3.51. The molecule has 0 aromatic heterocycles. The largest absolute Gasteiger partial charge is 0.355 e. The quantitative estimate of drug-likeness (QED) is 0.426. The highest BCUT2D eigenvalue weighted by atomic mass is 32.2. The van der Waals surface area contributed by atoms with E-state index in [1.165, 1.54) is 0 Å². The third kappa shape index (κ3) is 4.50. The van der Waals surface area contributed by atoms with Crippen LogP contribution in [0, 0.1) is 0 Å². The van der Waals surface area contributed by atoms with Gasteiger partial charge in [0.1, 0.15) is 0 Å². The molecule has 0 amide bonds. The second kappa shape index (κ2) is 7.48. The zero-order valence-electron chi connectivity index (χ0n) is 10.4. The molecule has 0 saturated heterocycles. The number of carbonyl (C=O) groups is 1. The van der Waals surface area contributed by atoms with Crippen LogP contribution >= 0.6 is 11.8 Å². The number of methoxy groups -OCH3 is 2. The molecule has 0 saturated carbocycles. The van der Waals surface area contributed by atoms with Gasteiger partial charge < -0.3 is 9.47 Å². The molecule has 0 aliphatic rings. The van der Waals surface area contributed by atoms with E-state index in [4.69, 9.17) is 9.47 Å². The van der Waals surface area contributed by atoms with Crippen molar-refractivity contribution in [2.24, 2.45) is 0 Å². The monoisotopic (exact) mass is 254 g/mol. The number of benzene rings is 1. The molecule has 0 atom stereocenters. The highest BCUT2D eigenvalue weighted by molar-refractivity contribution is 7.99. The fraction of sp³-hybridized carbons (Fsp3) is 0.462. The molecule has 0 bridgehead atoms. The molecule has 3 nitrogen and oxygen atoms in total. The Morgan fingerprint density at radius 1 is 1.24 bits per heavy atom. The van der Waals surface area contributed by atoms with Gasteiger partial charge in [0.05, 0.1) is 0 Å². The fourth-order valence-corrected chi connectivity index (χ4v) is 2.27. The van der Waals surface area contributed by atoms with Crippen LogP contribution in [0.5, 0.6) is 0 Å². The van der Waals surface area contributed by atoms with Crippen molar-refractivity contribution in [2.45, 2.75) is 24.5 Å². The van der Waals surface area contributed by atoms with Crippen LogP contribution < -0.4 is 0 Å². The van der Waals surface area contributed by atoms with Crippen LogP contribution in [0.4, 0.5) is 0 Å². The standard InChI is InChI=1S/C13H18O3S/c1-4-12(14)10-5-7-11(8-6-10)17-9-13(15-2)16-3/h5-8,13H,4,9H2,1-3H3. The summed E-state index contributed by atoms with van der Waals surface area (Å²) in [6, 6.07) is 7.64. The highest BCUT2D eigenvalue weighted by Gasteiger charge is 2.07. The lowest BCUT2D eigenvalue weighted by Gasteiger charge is -2.12. The van der Waals surface area contributed by atoms with Gasteiger partial charge in [-0.05, 0) is 12.1 Å². The van der Waals surface area contributed by atoms with E-state index >= 15 is 0 Å². The molecule has 1 aromatic carbocycles. The van der Waals surface area contributed by atoms with Crippen molar-refractivity contribution >= 4 is 17.5 Å². The van der Waals surface area contributed by atoms with E-state index in [2.05, 4.69) is 0 Å². The molecular formula is C13H18O3S. The molecule has 0 aliphatic carbocycles. The zero-order chi connectivity index (χ0) is 12.7. The average molecular weight is 254 g/mol. The molecule has 0 radical (unpaired) electrons. The number of hydrogen-bond donors (Lipinski definition) is 0. The number of Topliss-reactive ketones (excluding diaryl/α,β-unsaturated/α-hetero) is 1. The Morgan fingerprint density at radius 2 is 1.82 bits per heavy atom. The molecule has 0 spiro atoms. The Labute approximate surface area is 106 Å². The maximum Gasteiger partial charge on any atom is 0.166 e. The third-order valence-electron chi connectivity index (χ3n) is 2.41. The lowest BCUT2D eigenvalue weighted by Crippen LogP contribution is -2.15. The maximum atomic E-state index is 11.4. The van der Waals surface area contributed by atoms with E-state index in [1.54, 1.807) is 26.0 Å². The highest BCUT2D eigenvalue weighted by Crippen LogP contribution is 2.20. The SMILES string of the molecule is CCC(=O)c1ccc(SCC(OC)OC)cc1. The molecule has 0 N–H and O–H groups in total. The first-order valence-electron chi connectivity index (χ1n) is 5.53. The number of rotatable bonds is 7. The van der Waals surface area contributed by atoms with E-state index in [1.807, 2.05) is 31.2 Å². The van der Waals surface area contributed by atoms with Gasteiger partial charge in [0.2, 0.25) is 0 Å². The van der Waals surface area contributed by atoms with Gasteiger partial charge in [-0.2, -0.15) is 0 Å². The Balaban J connectivity index is 2.53. The van der Waals surface area contributed by atoms with Crippen molar-refractivity contribution < 1.29 is 14.3 Å². The predicted octanol–water partition coefficient (Wildman–Crippen LogP) is 2.99. The van der Waals surface area contributed by atoms with Gasteiger partial charge in [0, 0.05) is 36.9 Å². The summed E-state index contributed by atoms with van der Waals surface area (Å²) in [7, 11) is 3.25. The summed E-state index contributed by atoms with van der Waals surface area (Å²) in [5.74, 6) is 0.904. The molecule has 0 aliphatic heterocycles. The average Bonchev–Trinajstić information content (AvgIpc) is 2.39. The van der Waals surface area contributed by atoms with Crippen molar-refractivity contribution in [3.8, 4) is 0 Å². The van der Waals surface area contributed by atoms with Crippen LogP contribution in [-0.2, 0) is 9.47 Å². The van der Waals surface area contributed by atoms with Crippen LogP contribution in [0.2, 0.25) is 0 Å². The van der Waals surface area contributed by atoms with E-state index in [-0.39, 0.29) is 12.1 Å². The minimum Gasteiger partial charge on any atom is -0.355 e. The van der Waals surface area contributed by atoms with Crippen molar-refractivity contribution in [3.63, 3.8) is 0 Å². The van der Waals surface area contributed by atoms with Gasteiger partial charge in [-0.25, -0.2) is 0 Å². The molecule has 1 aromatic rings. The summed E-state index contributed by atoms with van der Waals surface area (Å²) < 4.78 is 10.2. The van der Waals surface area contributed by atoms with Gasteiger partial charge in [-0.3, -0.25) is 4.79 Å². The first kappa shape index (κ1) is 14.2. The lowest BCUT2D eigenvalue weighted by atomic mass is 10.1. The van der Waals surface area contributed by atoms with E-state index < -0.39 is 0 Å². The maximum absolute atomic E-state index is 11.4. The van der Waals surface area contributed by atoms with Crippen LogP contribution in [0.15, 0.2) is 29.2 Å².